The number of hydrogen-bond acceptors (Lipinski definition) is 8. The molecule has 3 N–H and O–H groups in total. The van der Waals surface area contributed by atoms with Crippen LogP contribution in [0.25, 0.3) is 0 Å². The maximum absolute atomic E-state index is 14.2. The fourth-order valence-electron chi connectivity index (χ4n) is 2.65. The van der Waals surface area contributed by atoms with Crippen LogP contribution in [0.2, 0.25) is 36.3 Å². The molecule has 0 radical (unpaired) electrons. The molecule has 0 saturated heterocycles. The molecule has 0 aliphatic heterocycles. The van der Waals surface area contributed by atoms with E-state index in [1.807, 2.05) is 6.07 Å². The van der Waals surface area contributed by atoms with Crippen LogP contribution in [0.1, 0.15) is 77.9 Å². The summed E-state index contributed by atoms with van der Waals surface area (Å²) in [7, 11) is -8.09. The number of hydrogen-bond donors (Lipinski definition) is 2. The molecule has 2 heterocycles. The first-order chi connectivity index (χ1) is 15.5. The van der Waals surface area contributed by atoms with Crippen molar-refractivity contribution in [2.75, 3.05) is 0 Å². The Kier molecular flexibility index (Phi) is 8.36. The highest BCUT2D eigenvalue weighted by Gasteiger charge is 2.43. The number of nitrogens with zero attached hydrogens (tertiary/aromatic N) is 4. The number of aromatic nitrogens is 3. The quantitative estimate of drug-likeness (QED) is 0.404. The molecule has 2 aromatic heterocycles. The Morgan fingerprint density at radius 1 is 1.09 bits per heavy atom. The summed E-state index contributed by atoms with van der Waals surface area (Å²) in [6, 6.07) is 3.61. The lowest BCUT2D eigenvalue weighted by Gasteiger charge is -2.39. The molecule has 0 aliphatic carbocycles. The number of rotatable bonds is 7. The summed E-state index contributed by atoms with van der Waals surface area (Å²) in [4.78, 5) is 4.78. The van der Waals surface area contributed by atoms with Crippen molar-refractivity contribution in [3.05, 3.63) is 34.7 Å². The zero-order valence-electron chi connectivity index (χ0n) is 23.3. The van der Waals surface area contributed by atoms with Crippen LogP contribution in [0.4, 0.5) is 0 Å². The SMILES string of the molecule is CC(C)(O)c1nc(C(O[Si](C)(C)C(C)(C)C)c2cccnn2)c(S(N)(=O)=N[Si](C)(C)C(C)(C)C)s1. The van der Waals surface area contributed by atoms with E-state index in [0.29, 0.717) is 20.6 Å². The summed E-state index contributed by atoms with van der Waals surface area (Å²) in [6.45, 7) is 24.4. The van der Waals surface area contributed by atoms with E-state index < -0.39 is 38.2 Å². The van der Waals surface area contributed by atoms with E-state index in [9.17, 15) is 9.32 Å². The van der Waals surface area contributed by atoms with Crippen LogP contribution in [0, 0.1) is 0 Å². The van der Waals surface area contributed by atoms with Gasteiger partial charge in [0, 0.05) is 6.20 Å². The van der Waals surface area contributed by atoms with Crippen LogP contribution < -0.4 is 5.14 Å². The van der Waals surface area contributed by atoms with Gasteiger partial charge in [0.1, 0.15) is 36.5 Å². The monoisotopic (exact) mass is 557 g/mol. The molecule has 0 aliphatic rings. The Morgan fingerprint density at radius 2 is 1.66 bits per heavy atom. The van der Waals surface area contributed by atoms with Crippen LogP contribution in [-0.2, 0) is 19.9 Å². The Labute approximate surface area is 217 Å². The van der Waals surface area contributed by atoms with E-state index in [4.69, 9.17) is 18.6 Å². The van der Waals surface area contributed by atoms with Crippen molar-refractivity contribution in [3.8, 4) is 0 Å². The predicted octanol–water partition coefficient (Wildman–Crippen LogP) is 5.98. The molecule has 2 rings (SSSR count). The molecule has 198 valence electrons. The van der Waals surface area contributed by atoms with Crippen LogP contribution in [0.15, 0.2) is 26.6 Å². The molecule has 0 amide bonds. The first-order valence-electron chi connectivity index (χ1n) is 11.7. The van der Waals surface area contributed by atoms with Crippen molar-refractivity contribution in [3.63, 3.8) is 0 Å². The molecular formula is C23H43N5O3S2Si2. The summed E-state index contributed by atoms with van der Waals surface area (Å²) in [6.07, 6.45) is 0.849. The molecule has 0 bridgehead atoms. The van der Waals surface area contributed by atoms with Crippen molar-refractivity contribution in [1.82, 2.24) is 15.2 Å². The van der Waals surface area contributed by atoms with Gasteiger partial charge in [0.25, 0.3) is 0 Å². The van der Waals surface area contributed by atoms with Gasteiger partial charge in [-0.05, 0) is 62.2 Å². The Morgan fingerprint density at radius 3 is 2.09 bits per heavy atom. The van der Waals surface area contributed by atoms with Crippen LogP contribution in [0.5, 0.6) is 0 Å². The van der Waals surface area contributed by atoms with E-state index in [0.717, 1.165) is 11.3 Å². The van der Waals surface area contributed by atoms with Crippen LogP contribution in [0.3, 0.4) is 0 Å². The van der Waals surface area contributed by atoms with Crippen molar-refractivity contribution in [2.24, 2.45) is 9.17 Å². The number of nitrogens with two attached hydrogens (primary N) is 1. The van der Waals surface area contributed by atoms with E-state index in [2.05, 4.69) is 77.9 Å². The third kappa shape index (κ3) is 6.85. The molecule has 0 saturated carbocycles. The van der Waals surface area contributed by atoms with Gasteiger partial charge in [0.2, 0.25) is 0 Å². The minimum Gasteiger partial charge on any atom is -0.403 e. The lowest BCUT2D eigenvalue weighted by atomic mass is 10.1. The highest BCUT2D eigenvalue weighted by molar-refractivity contribution is 7.94. The van der Waals surface area contributed by atoms with Gasteiger partial charge in [-0.1, -0.05) is 41.5 Å². The third-order valence-corrected chi connectivity index (χ3v) is 20.8. The van der Waals surface area contributed by atoms with Crippen molar-refractivity contribution >= 4 is 37.8 Å². The average Bonchev–Trinajstić information content (AvgIpc) is 3.11. The molecule has 8 nitrogen and oxygen atoms in total. The minimum atomic E-state index is -3.35. The molecule has 12 heteroatoms. The fourth-order valence-corrected chi connectivity index (χ4v) is 10.3. The molecule has 0 spiro atoms. The minimum absolute atomic E-state index is 0.0988. The Hall–Kier alpha value is -1.03. The summed E-state index contributed by atoms with van der Waals surface area (Å²) in [5.74, 6) is 0. The maximum Gasteiger partial charge on any atom is 0.195 e. The third-order valence-electron chi connectivity index (χ3n) is 6.94. The van der Waals surface area contributed by atoms with Crippen molar-refractivity contribution in [1.29, 1.82) is 0 Å². The highest BCUT2D eigenvalue weighted by Crippen LogP contribution is 2.45. The fraction of sp³-hybridized carbons (Fsp3) is 0.696. The van der Waals surface area contributed by atoms with Gasteiger partial charge in [0.15, 0.2) is 16.6 Å². The lowest BCUT2D eigenvalue weighted by Crippen LogP contribution is -2.42. The second kappa shape index (κ2) is 9.69. The summed E-state index contributed by atoms with van der Waals surface area (Å²) in [5, 5.41) is 25.9. The zero-order chi connectivity index (χ0) is 27.3. The Bertz CT molecular complexity index is 1150. The van der Waals surface area contributed by atoms with Crippen molar-refractivity contribution in [2.45, 2.75) is 108 Å². The second-order valence-electron chi connectivity index (χ2n) is 12.6. The molecule has 0 fully saturated rings. The van der Waals surface area contributed by atoms with E-state index in [1.165, 1.54) is 0 Å². The molecule has 2 aromatic rings. The van der Waals surface area contributed by atoms with E-state index in [1.54, 1.807) is 26.1 Å². The van der Waals surface area contributed by atoms with Crippen LogP contribution >= 0.6 is 11.3 Å². The van der Waals surface area contributed by atoms with Gasteiger partial charge in [0.05, 0.1) is 5.69 Å². The standard InChI is InChI=1S/C23H43N5O3S2Si2/c1-21(2,3)34(9,10)28-33(24,30)19-17(26-20(32-19)23(7,8)29)18(16-14-13-15-25-27-16)31-35(11,12)22(4,5)6/h13-15,18,29H,1-12H3,(H2,24,28,30). The summed E-state index contributed by atoms with van der Waals surface area (Å²) in [5.41, 5.74) is -0.310. The Balaban J connectivity index is 2.89. The van der Waals surface area contributed by atoms with Gasteiger partial charge in [-0.2, -0.15) is 10.2 Å². The lowest BCUT2D eigenvalue weighted by molar-refractivity contribution is 0.0777. The molecule has 0 aromatic carbocycles. The van der Waals surface area contributed by atoms with Gasteiger partial charge in [-0.25, -0.2) is 14.3 Å². The molecule has 2 atom stereocenters. The smallest absolute Gasteiger partial charge is 0.195 e. The maximum atomic E-state index is 14.2. The van der Waals surface area contributed by atoms with Crippen molar-refractivity contribution < 1.29 is 13.7 Å². The molecule has 35 heavy (non-hydrogen) atoms. The van der Waals surface area contributed by atoms with Crippen LogP contribution in [-0.4, -0.2) is 41.0 Å². The number of aliphatic hydroxyl groups is 1. The summed E-state index contributed by atoms with van der Waals surface area (Å²) < 4.78 is 26.1. The zero-order valence-corrected chi connectivity index (χ0v) is 26.9. The average molecular weight is 558 g/mol. The largest absolute Gasteiger partial charge is 0.403 e. The molecular weight excluding hydrogens is 515 g/mol. The van der Waals surface area contributed by atoms with E-state index in [-0.39, 0.29) is 10.1 Å². The van der Waals surface area contributed by atoms with Gasteiger partial charge in [-0.15, -0.1) is 11.3 Å². The second-order valence-corrected chi connectivity index (χ2v) is 25.5. The predicted molar refractivity (Wildman–Crippen MR) is 150 cm³/mol. The normalized spacial score (nSPS) is 16.6. The molecule has 2 unspecified atom stereocenters. The van der Waals surface area contributed by atoms with Gasteiger partial charge in [-0.3, -0.25) is 4.03 Å². The summed E-state index contributed by atoms with van der Waals surface area (Å²) >= 11 is 1.14. The van der Waals surface area contributed by atoms with Gasteiger partial charge < -0.3 is 9.53 Å². The van der Waals surface area contributed by atoms with E-state index >= 15 is 0 Å². The van der Waals surface area contributed by atoms with Gasteiger partial charge >= 0.3 is 0 Å². The highest BCUT2D eigenvalue weighted by atomic mass is 32.2. The first-order valence-corrected chi connectivity index (χ1v) is 20.0. The first kappa shape index (κ1) is 30.2. The number of thiazole rings is 1. The topological polar surface area (TPSA) is 124 Å².